The summed E-state index contributed by atoms with van der Waals surface area (Å²) in [4.78, 5) is 27.9. The van der Waals surface area contributed by atoms with Crippen molar-refractivity contribution in [1.29, 1.82) is 0 Å². The van der Waals surface area contributed by atoms with E-state index in [-0.39, 0.29) is 11.8 Å². The number of hydrogen-bond donors (Lipinski definition) is 2. The van der Waals surface area contributed by atoms with Crippen molar-refractivity contribution in [2.45, 2.75) is 64.0 Å². The number of carbonyl (C=O) groups excluding carboxylic acids is 2. The molecule has 1 aliphatic heterocycles. The molecule has 7 heteroatoms. The Hall–Kier alpha value is -3.09. The average Bonchev–Trinajstić information content (AvgIpc) is 3.29. The van der Waals surface area contributed by atoms with Crippen LogP contribution in [-0.2, 0) is 22.6 Å². The van der Waals surface area contributed by atoms with Gasteiger partial charge < -0.3 is 20.1 Å². The summed E-state index contributed by atoms with van der Waals surface area (Å²) < 4.78 is 11.6. The Kier molecular flexibility index (Phi) is 7.02. The number of benzene rings is 1. The van der Waals surface area contributed by atoms with Crippen LogP contribution in [0.4, 0.5) is 5.69 Å². The normalized spacial score (nSPS) is 15.8. The molecular weight excluding hydrogens is 394 g/mol. The molecule has 0 saturated heterocycles. The van der Waals surface area contributed by atoms with Gasteiger partial charge in [0.2, 0.25) is 17.7 Å². The standard InChI is InChI=1S/C24H29N3O4/c28-22(25-15-17-7-12-24(26-16-17)31-19-4-1-2-5-19)6-3-13-30-20-9-10-21-18(14-20)8-11-23(29)27-21/h7,9-10,12,14,16,19H,1-6,8,11,13,15H2,(H,25,28)(H,27,29). The average molecular weight is 424 g/mol. The molecule has 0 atom stereocenters. The number of pyridine rings is 1. The van der Waals surface area contributed by atoms with Crippen molar-refractivity contribution in [2.24, 2.45) is 0 Å². The second-order valence-electron chi connectivity index (χ2n) is 8.12. The Morgan fingerprint density at radius 1 is 1.16 bits per heavy atom. The number of ether oxygens (including phenoxy) is 2. The maximum absolute atomic E-state index is 12.1. The smallest absolute Gasteiger partial charge is 0.224 e. The van der Waals surface area contributed by atoms with Gasteiger partial charge in [-0.15, -0.1) is 0 Å². The van der Waals surface area contributed by atoms with Crippen LogP contribution in [0.2, 0.25) is 0 Å². The van der Waals surface area contributed by atoms with E-state index in [9.17, 15) is 9.59 Å². The molecule has 1 aromatic carbocycles. The summed E-state index contributed by atoms with van der Waals surface area (Å²) in [5.41, 5.74) is 2.89. The van der Waals surface area contributed by atoms with Crippen molar-refractivity contribution in [3.63, 3.8) is 0 Å². The first-order chi connectivity index (χ1) is 15.2. The fourth-order valence-corrected chi connectivity index (χ4v) is 3.92. The summed E-state index contributed by atoms with van der Waals surface area (Å²) in [6, 6.07) is 9.49. The number of aromatic nitrogens is 1. The number of amides is 2. The van der Waals surface area contributed by atoms with Crippen molar-refractivity contribution >= 4 is 17.5 Å². The van der Waals surface area contributed by atoms with E-state index in [0.29, 0.717) is 44.4 Å². The van der Waals surface area contributed by atoms with Gasteiger partial charge in [-0.25, -0.2) is 4.98 Å². The summed E-state index contributed by atoms with van der Waals surface area (Å²) in [6.07, 6.45) is 8.98. The molecule has 2 aliphatic rings. The highest BCUT2D eigenvalue weighted by molar-refractivity contribution is 5.94. The molecule has 7 nitrogen and oxygen atoms in total. The van der Waals surface area contributed by atoms with E-state index >= 15 is 0 Å². The zero-order valence-electron chi connectivity index (χ0n) is 17.7. The molecule has 1 saturated carbocycles. The molecule has 0 unspecified atom stereocenters. The van der Waals surface area contributed by atoms with Crippen LogP contribution < -0.4 is 20.1 Å². The Balaban J connectivity index is 1.13. The van der Waals surface area contributed by atoms with Crippen molar-refractivity contribution in [2.75, 3.05) is 11.9 Å². The maximum atomic E-state index is 12.1. The largest absolute Gasteiger partial charge is 0.494 e. The minimum absolute atomic E-state index is 0.0111. The van der Waals surface area contributed by atoms with Crippen LogP contribution >= 0.6 is 0 Å². The Labute approximate surface area is 182 Å². The van der Waals surface area contributed by atoms with Gasteiger partial charge in [0.1, 0.15) is 11.9 Å². The molecule has 0 bridgehead atoms. The molecule has 2 N–H and O–H groups in total. The van der Waals surface area contributed by atoms with Gasteiger partial charge >= 0.3 is 0 Å². The molecule has 31 heavy (non-hydrogen) atoms. The fourth-order valence-electron chi connectivity index (χ4n) is 3.92. The van der Waals surface area contributed by atoms with Crippen LogP contribution in [0.1, 0.15) is 56.1 Å². The number of fused-ring (bicyclic) bond motifs is 1. The molecule has 2 amide bonds. The highest BCUT2D eigenvalue weighted by Crippen LogP contribution is 2.27. The minimum Gasteiger partial charge on any atom is -0.494 e. The molecule has 0 radical (unpaired) electrons. The predicted octanol–water partition coefficient (Wildman–Crippen LogP) is 3.76. The Bertz CT molecular complexity index is 908. The van der Waals surface area contributed by atoms with Crippen molar-refractivity contribution in [3.05, 3.63) is 47.7 Å². The van der Waals surface area contributed by atoms with Gasteiger partial charge in [0.05, 0.1) is 6.61 Å². The second kappa shape index (κ2) is 10.3. The number of hydrogen-bond acceptors (Lipinski definition) is 5. The number of anilines is 1. The fraction of sp³-hybridized carbons (Fsp3) is 0.458. The lowest BCUT2D eigenvalue weighted by atomic mass is 10.0. The molecule has 4 rings (SSSR count). The first kappa shape index (κ1) is 21.2. The van der Waals surface area contributed by atoms with E-state index in [1.54, 1.807) is 6.20 Å². The number of aryl methyl sites for hydroxylation is 1. The van der Waals surface area contributed by atoms with E-state index < -0.39 is 0 Å². The number of nitrogens with zero attached hydrogens (tertiary/aromatic N) is 1. The van der Waals surface area contributed by atoms with Gasteiger partial charge in [-0.1, -0.05) is 6.07 Å². The number of nitrogens with one attached hydrogen (secondary N) is 2. The van der Waals surface area contributed by atoms with Gasteiger partial charge in [-0.05, 0) is 67.9 Å². The summed E-state index contributed by atoms with van der Waals surface area (Å²) >= 11 is 0. The zero-order chi connectivity index (χ0) is 21.5. The topological polar surface area (TPSA) is 89.6 Å². The van der Waals surface area contributed by atoms with E-state index in [2.05, 4.69) is 15.6 Å². The molecule has 1 fully saturated rings. The third-order valence-electron chi connectivity index (χ3n) is 5.67. The molecule has 0 spiro atoms. The third kappa shape index (κ3) is 6.20. The predicted molar refractivity (Wildman–Crippen MR) is 117 cm³/mol. The summed E-state index contributed by atoms with van der Waals surface area (Å²) in [5.74, 6) is 1.46. The van der Waals surface area contributed by atoms with Crippen LogP contribution in [0, 0.1) is 0 Å². The monoisotopic (exact) mass is 423 g/mol. The Morgan fingerprint density at radius 2 is 2.03 bits per heavy atom. The highest BCUT2D eigenvalue weighted by Gasteiger charge is 2.17. The third-order valence-corrected chi connectivity index (χ3v) is 5.67. The van der Waals surface area contributed by atoms with E-state index in [4.69, 9.17) is 9.47 Å². The van der Waals surface area contributed by atoms with Gasteiger partial charge in [-0.2, -0.15) is 0 Å². The molecule has 1 aliphatic carbocycles. The summed E-state index contributed by atoms with van der Waals surface area (Å²) in [5, 5.41) is 5.78. The van der Waals surface area contributed by atoms with Gasteiger partial charge in [0.25, 0.3) is 0 Å². The second-order valence-corrected chi connectivity index (χ2v) is 8.12. The first-order valence-corrected chi connectivity index (χ1v) is 11.1. The quantitative estimate of drug-likeness (QED) is 0.600. The van der Waals surface area contributed by atoms with E-state index in [1.165, 1.54) is 12.8 Å². The molecular formula is C24H29N3O4. The van der Waals surface area contributed by atoms with Crippen molar-refractivity contribution in [1.82, 2.24) is 10.3 Å². The lowest BCUT2D eigenvalue weighted by Gasteiger charge is -2.17. The zero-order valence-corrected chi connectivity index (χ0v) is 17.7. The van der Waals surface area contributed by atoms with Crippen LogP contribution in [-0.4, -0.2) is 29.5 Å². The van der Waals surface area contributed by atoms with E-state index in [1.807, 2.05) is 30.3 Å². The Morgan fingerprint density at radius 3 is 2.84 bits per heavy atom. The van der Waals surface area contributed by atoms with Crippen molar-refractivity contribution in [3.8, 4) is 11.6 Å². The van der Waals surface area contributed by atoms with Crippen LogP contribution in [0.25, 0.3) is 0 Å². The maximum Gasteiger partial charge on any atom is 0.224 e. The molecule has 164 valence electrons. The van der Waals surface area contributed by atoms with Gasteiger partial charge in [-0.3, -0.25) is 9.59 Å². The van der Waals surface area contributed by atoms with Crippen LogP contribution in [0.5, 0.6) is 11.6 Å². The van der Waals surface area contributed by atoms with Crippen LogP contribution in [0.3, 0.4) is 0 Å². The molecule has 2 heterocycles. The summed E-state index contributed by atoms with van der Waals surface area (Å²) in [7, 11) is 0. The minimum atomic E-state index is -0.0111. The molecule has 2 aromatic rings. The lowest BCUT2D eigenvalue weighted by Crippen LogP contribution is -2.23. The summed E-state index contributed by atoms with van der Waals surface area (Å²) in [6.45, 7) is 0.917. The number of carbonyl (C=O) groups is 2. The molecule has 1 aromatic heterocycles. The lowest BCUT2D eigenvalue weighted by molar-refractivity contribution is -0.121. The van der Waals surface area contributed by atoms with Gasteiger partial charge in [0.15, 0.2) is 0 Å². The first-order valence-electron chi connectivity index (χ1n) is 11.1. The van der Waals surface area contributed by atoms with E-state index in [0.717, 1.165) is 41.8 Å². The SMILES string of the molecule is O=C(CCCOc1ccc2c(c1)CCC(=O)N2)NCc1ccc(OC2CCCC2)nc1. The highest BCUT2D eigenvalue weighted by atomic mass is 16.5. The van der Waals surface area contributed by atoms with Gasteiger partial charge in [0, 0.05) is 37.3 Å². The number of rotatable bonds is 9. The van der Waals surface area contributed by atoms with Crippen molar-refractivity contribution < 1.29 is 19.1 Å². The van der Waals surface area contributed by atoms with Crippen LogP contribution in [0.15, 0.2) is 36.5 Å².